The Balaban J connectivity index is 1.52. The lowest BCUT2D eigenvalue weighted by atomic mass is 10.1. The van der Waals surface area contributed by atoms with Crippen molar-refractivity contribution in [2.24, 2.45) is 0 Å². The fourth-order valence-electron chi connectivity index (χ4n) is 3.59. The summed E-state index contributed by atoms with van der Waals surface area (Å²) in [6, 6.07) is 12.9. The standard InChI is InChI=1S/C23H25N3O5/c1-4-29-19-11-6-15(12-20(19)30-5-2)23-24-22(25-31-23)16-13-21(27)26(14-16)17-7-9-18(28-3)10-8-17/h6-12,16H,4-5,13-14H2,1-3H3/t16-/m0/s1. The van der Waals surface area contributed by atoms with Gasteiger partial charge in [0.25, 0.3) is 5.89 Å². The lowest BCUT2D eigenvalue weighted by Gasteiger charge is -2.16. The van der Waals surface area contributed by atoms with Crippen LogP contribution in [0.1, 0.15) is 32.0 Å². The van der Waals surface area contributed by atoms with Crippen LogP contribution < -0.4 is 19.1 Å². The van der Waals surface area contributed by atoms with E-state index in [1.165, 1.54) is 0 Å². The molecule has 1 saturated heterocycles. The largest absolute Gasteiger partial charge is 0.497 e. The van der Waals surface area contributed by atoms with Crippen LogP contribution in [0.2, 0.25) is 0 Å². The van der Waals surface area contributed by atoms with E-state index in [2.05, 4.69) is 10.1 Å². The quantitative estimate of drug-likeness (QED) is 0.540. The third kappa shape index (κ3) is 4.33. The molecule has 1 aliphatic rings. The van der Waals surface area contributed by atoms with E-state index >= 15 is 0 Å². The van der Waals surface area contributed by atoms with Gasteiger partial charge >= 0.3 is 0 Å². The third-order valence-corrected chi connectivity index (χ3v) is 5.11. The molecule has 0 N–H and O–H groups in total. The minimum atomic E-state index is -0.138. The van der Waals surface area contributed by atoms with E-state index in [-0.39, 0.29) is 11.8 Å². The second kappa shape index (κ2) is 9.07. The molecule has 1 aromatic heterocycles. The number of rotatable bonds is 8. The lowest BCUT2D eigenvalue weighted by Crippen LogP contribution is -2.24. The first-order chi connectivity index (χ1) is 15.1. The number of nitrogens with zero attached hydrogens (tertiary/aromatic N) is 3. The molecule has 3 aromatic rings. The van der Waals surface area contributed by atoms with Crippen LogP contribution >= 0.6 is 0 Å². The van der Waals surface area contributed by atoms with Crippen LogP contribution in [-0.4, -0.2) is 42.9 Å². The molecular weight excluding hydrogens is 398 g/mol. The van der Waals surface area contributed by atoms with Crippen molar-refractivity contribution in [3.05, 3.63) is 48.3 Å². The van der Waals surface area contributed by atoms with Crippen molar-refractivity contribution in [2.75, 3.05) is 31.8 Å². The maximum Gasteiger partial charge on any atom is 0.258 e. The van der Waals surface area contributed by atoms with E-state index in [9.17, 15) is 4.79 Å². The summed E-state index contributed by atoms with van der Waals surface area (Å²) in [6.07, 6.45) is 0.332. The fourth-order valence-corrected chi connectivity index (χ4v) is 3.59. The van der Waals surface area contributed by atoms with E-state index in [0.29, 0.717) is 49.4 Å². The van der Waals surface area contributed by atoms with Gasteiger partial charge in [-0.3, -0.25) is 4.79 Å². The topological polar surface area (TPSA) is 86.9 Å². The molecule has 1 aliphatic heterocycles. The number of anilines is 1. The molecule has 0 aliphatic carbocycles. The number of hydrogen-bond acceptors (Lipinski definition) is 7. The first-order valence-corrected chi connectivity index (χ1v) is 10.3. The molecule has 0 bridgehead atoms. The number of carbonyl (C=O) groups is 1. The van der Waals surface area contributed by atoms with Crippen molar-refractivity contribution >= 4 is 11.6 Å². The van der Waals surface area contributed by atoms with Crippen molar-refractivity contribution in [2.45, 2.75) is 26.2 Å². The third-order valence-electron chi connectivity index (χ3n) is 5.11. The summed E-state index contributed by atoms with van der Waals surface area (Å²) in [5.41, 5.74) is 1.56. The zero-order valence-corrected chi connectivity index (χ0v) is 17.8. The zero-order chi connectivity index (χ0) is 21.8. The summed E-state index contributed by atoms with van der Waals surface area (Å²) in [6.45, 7) is 5.40. The van der Waals surface area contributed by atoms with Crippen molar-refractivity contribution in [3.63, 3.8) is 0 Å². The molecular formula is C23H25N3O5. The highest BCUT2D eigenvalue weighted by molar-refractivity contribution is 5.96. The summed E-state index contributed by atoms with van der Waals surface area (Å²) < 4.78 is 22.0. The molecule has 1 fully saturated rings. The Morgan fingerprint density at radius 1 is 1.06 bits per heavy atom. The second-order valence-electron chi connectivity index (χ2n) is 7.09. The van der Waals surface area contributed by atoms with Crippen LogP contribution in [0.5, 0.6) is 17.2 Å². The van der Waals surface area contributed by atoms with Crippen LogP contribution in [0.4, 0.5) is 5.69 Å². The van der Waals surface area contributed by atoms with Gasteiger partial charge in [0.1, 0.15) is 5.75 Å². The summed E-state index contributed by atoms with van der Waals surface area (Å²) in [5.74, 6) is 2.84. The fraction of sp³-hybridized carbons (Fsp3) is 0.348. The first-order valence-electron chi connectivity index (χ1n) is 10.3. The van der Waals surface area contributed by atoms with Gasteiger partial charge in [0, 0.05) is 30.1 Å². The Hall–Kier alpha value is -3.55. The van der Waals surface area contributed by atoms with Gasteiger partial charge in [-0.05, 0) is 56.3 Å². The number of aromatic nitrogens is 2. The number of methoxy groups -OCH3 is 1. The van der Waals surface area contributed by atoms with Crippen molar-refractivity contribution < 1.29 is 23.5 Å². The average Bonchev–Trinajstić information content (AvgIpc) is 3.42. The van der Waals surface area contributed by atoms with Gasteiger partial charge < -0.3 is 23.6 Å². The van der Waals surface area contributed by atoms with Crippen LogP contribution in [0, 0.1) is 0 Å². The van der Waals surface area contributed by atoms with E-state index in [1.54, 1.807) is 12.0 Å². The maximum absolute atomic E-state index is 12.6. The van der Waals surface area contributed by atoms with Gasteiger partial charge in [0.05, 0.1) is 20.3 Å². The monoisotopic (exact) mass is 423 g/mol. The smallest absolute Gasteiger partial charge is 0.258 e. The van der Waals surface area contributed by atoms with E-state index in [0.717, 1.165) is 17.0 Å². The highest BCUT2D eigenvalue weighted by Gasteiger charge is 2.34. The van der Waals surface area contributed by atoms with E-state index in [4.69, 9.17) is 18.7 Å². The molecule has 0 unspecified atom stereocenters. The number of hydrogen-bond donors (Lipinski definition) is 0. The molecule has 8 heteroatoms. The Morgan fingerprint density at radius 2 is 1.81 bits per heavy atom. The Bertz CT molecular complexity index is 1050. The molecule has 0 spiro atoms. The molecule has 0 saturated carbocycles. The Morgan fingerprint density at radius 3 is 2.52 bits per heavy atom. The van der Waals surface area contributed by atoms with Crippen LogP contribution in [0.3, 0.4) is 0 Å². The van der Waals surface area contributed by atoms with E-state index in [1.807, 2.05) is 56.3 Å². The van der Waals surface area contributed by atoms with Crippen molar-refractivity contribution in [1.82, 2.24) is 10.1 Å². The minimum Gasteiger partial charge on any atom is -0.497 e. The molecule has 8 nitrogen and oxygen atoms in total. The highest BCUT2D eigenvalue weighted by atomic mass is 16.5. The normalized spacial score (nSPS) is 15.9. The summed E-state index contributed by atoms with van der Waals surface area (Å²) in [7, 11) is 1.61. The highest BCUT2D eigenvalue weighted by Crippen LogP contribution is 2.35. The van der Waals surface area contributed by atoms with Crippen molar-refractivity contribution in [3.8, 4) is 28.7 Å². The van der Waals surface area contributed by atoms with E-state index < -0.39 is 0 Å². The number of carbonyl (C=O) groups excluding carboxylic acids is 1. The Labute approximate surface area is 180 Å². The maximum atomic E-state index is 12.6. The molecule has 0 radical (unpaired) electrons. The number of benzene rings is 2. The van der Waals surface area contributed by atoms with Gasteiger partial charge in [0.15, 0.2) is 17.3 Å². The van der Waals surface area contributed by atoms with Crippen LogP contribution in [0.25, 0.3) is 11.5 Å². The predicted octanol–water partition coefficient (Wildman–Crippen LogP) is 4.06. The van der Waals surface area contributed by atoms with Gasteiger partial charge in [-0.25, -0.2) is 0 Å². The molecule has 1 atom stereocenters. The molecule has 162 valence electrons. The predicted molar refractivity (Wildman–Crippen MR) is 115 cm³/mol. The Kier molecular flexibility index (Phi) is 6.06. The van der Waals surface area contributed by atoms with Gasteiger partial charge in [0.2, 0.25) is 5.91 Å². The SMILES string of the molecule is CCOc1ccc(-c2nc([C@H]3CC(=O)N(c4ccc(OC)cc4)C3)no2)cc1OCC. The second-order valence-corrected chi connectivity index (χ2v) is 7.09. The molecule has 31 heavy (non-hydrogen) atoms. The lowest BCUT2D eigenvalue weighted by molar-refractivity contribution is -0.117. The van der Waals surface area contributed by atoms with Gasteiger partial charge in [-0.2, -0.15) is 4.98 Å². The van der Waals surface area contributed by atoms with Gasteiger partial charge in [-0.15, -0.1) is 0 Å². The summed E-state index contributed by atoms with van der Waals surface area (Å²) in [5, 5.41) is 4.14. The molecule has 1 amide bonds. The van der Waals surface area contributed by atoms with Crippen LogP contribution in [0.15, 0.2) is 47.0 Å². The van der Waals surface area contributed by atoms with Crippen molar-refractivity contribution in [1.29, 1.82) is 0 Å². The molecule has 4 rings (SSSR count). The zero-order valence-electron chi connectivity index (χ0n) is 17.8. The molecule has 2 aromatic carbocycles. The van der Waals surface area contributed by atoms with Gasteiger partial charge in [-0.1, -0.05) is 5.16 Å². The summed E-state index contributed by atoms with van der Waals surface area (Å²) in [4.78, 5) is 18.9. The number of amides is 1. The molecule has 2 heterocycles. The summed E-state index contributed by atoms with van der Waals surface area (Å²) >= 11 is 0. The first kappa shape index (κ1) is 20.7. The number of ether oxygens (including phenoxy) is 3. The minimum absolute atomic E-state index is 0.0289. The van der Waals surface area contributed by atoms with Crippen LogP contribution in [-0.2, 0) is 4.79 Å². The average molecular weight is 423 g/mol.